The van der Waals surface area contributed by atoms with Gasteiger partial charge in [-0.3, -0.25) is 9.59 Å². The predicted octanol–water partition coefficient (Wildman–Crippen LogP) is 4.73. The van der Waals surface area contributed by atoms with Crippen LogP contribution in [0, 0.1) is 11.7 Å². The van der Waals surface area contributed by atoms with E-state index in [4.69, 9.17) is 4.74 Å². The summed E-state index contributed by atoms with van der Waals surface area (Å²) >= 11 is 0. The molecule has 0 radical (unpaired) electrons. The van der Waals surface area contributed by atoms with E-state index in [0.717, 1.165) is 12.1 Å². The summed E-state index contributed by atoms with van der Waals surface area (Å²) in [4.78, 5) is 26.2. The van der Waals surface area contributed by atoms with Crippen LogP contribution in [0.2, 0.25) is 0 Å². The Bertz CT molecular complexity index is 888. The van der Waals surface area contributed by atoms with Gasteiger partial charge in [0.2, 0.25) is 0 Å². The number of piperidine rings is 1. The summed E-state index contributed by atoms with van der Waals surface area (Å²) in [6.07, 6.45) is -2.92. The summed E-state index contributed by atoms with van der Waals surface area (Å²) in [5.41, 5.74) is -0.741. The Labute approximate surface area is 171 Å². The van der Waals surface area contributed by atoms with Crippen LogP contribution in [0.15, 0.2) is 48.5 Å². The second kappa shape index (κ2) is 9.28. The number of likely N-dealkylation sites (tertiary alicyclic amines) is 1. The zero-order valence-electron chi connectivity index (χ0n) is 16.1. The summed E-state index contributed by atoms with van der Waals surface area (Å²) in [5, 5.41) is 0. The van der Waals surface area contributed by atoms with Crippen LogP contribution in [-0.4, -0.2) is 36.3 Å². The number of halogens is 4. The molecule has 0 aromatic heterocycles. The molecule has 30 heavy (non-hydrogen) atoms. The zero-order valence-corrected chi connectivity index (χ0v) is 16.1. The fourth-order valence-corrected chi connectivity index (χ4v) is 3.43. The largest absolute Gasteiger partial charge is 0.486 e. The number of Topliss-reactive ketones (excluding diaryl/α,β-unsaturated/α-hetero) is 1. The van der Waals surface area contributed by atoms with Gasteiger partial charge in [-0.05, 0) is 55.2 Å². The first-order valence-corrected chi connectivity index (χ1v) is 9.59. The lowest BCUT2D eigenvalue weighted by molar-refractivity contribution is -0.137. The maximum absolute atomic E-state index is 13.8. The molecule has 0 saturated carbocycles. The molecule has 0 unspecified atom stereocenters. The normalized spacial score (nSPS) is 15.1. The van der Waals surface area contributed by atoms with Gasteiger partial charge in [-0.25, -0.2) is 4.39 Å². The van der Waals surface area contributed by atoms with Gasteiger partial charge in [-0.15, -0.1) is 0 Å². The van der Waals surface area contributed by atoms with Crippen molar-refractivity contribution in [3.8, 4) is 5.75 Å². The lowest BCUT2D eigenvalue weighted by Gasteiger charge is -2.31. The number of amides is 1. The first-order valence-electron chi connectivity index (χ1n) is 9.59. The van der Waals surface area contributed by atoms with E-state index in [1.807, 2.05) is 0 Å². The molecule has 0 aliphatic carbocycles. The number of ether oxygens (including phenoxy) is 1. The summed E-state index contributed by atoms with van der Waals surface area (Å²) in [7, 11) is 0. The molecule has 2 aromatic carbocycles. The SMILES string of the molecule is O=C(COc1ccc(C(F)(F)F)cc1)CC1CCN(C(=O)c2ccccc2F)CC1. The highest BCUT2D eigenvalue weighted by Crippen LogP contribution is 2.30. The molecule has 0 N–H and O–H groups in total. The van der Waals surface area contributed by atoms with Gasteiger partial charge in [0.15, 0.2) is 5.78 Å². The van der Waals surface area contributed by atoms with E-state index in [0.29, 0.717) is 25.9 Å². The molecular formula is C22H21F4NO3. The molecule has 1 amide bonds. The van der Waals surface area contributed by atoms with Gasteiger partial charge in [-0.2, -0.15) is 13.2 Å². The molecule has 160 valence electrons. The molecule has 8 heteroatoms. The van der Waals surface area contributed by atoms with Crippen molar-refractivity contribution in [3.05, 3.63) is 65.5 Å². The van der Waals surface area contributed by atoms with E-state index < -0.39 is 17.6 Å². The third-order valence-corrected chi connectivity index (χ3v) is 5.10. The van der Waals surface area contributed by atoms with E-state index in [-0.39, 0.29) is 41.9 Å². The average molecular weight is 423 g/mol. The van der Waals surface area contributed by atoms with Crippen LogP contribution in [0.5, 0.6) is 5.75 Å². The van der Waals surface area contributed by atoms with E-state index in [1.165, 1.54) is 30.3 Å². The van der Waals surface area contributed by atoms with Crippen molar-refractivity contribution in [2.24, 2.45) is 5.92 Å². The van der Waals surface area contributed by atoms with Gasteiger partial charge in [0.1, 0.15) is 18.2 Å². The van der Waals surface area contributed by atoms with E-state index in [1.54, 1.807) is 11.0 Å². The van der Waals surface area contributed by atoms with Gasteiger partial charge >= 0.3 is 6.18 Å². The van der Waals surface area contributed by atoms with Gasteiger partial charge in [0.05, 0.1) is 11.1 Å². The summed E-state index contributed by atoms with van der Waals surface area (Å²) < 4.78 is 56.7. The fraction of sp³-hybridized carbons (Fsp3) is 0.364. The van der Waals surface area contributed by atoms with Crippen molar-refractivity contribution < 1.29 is 31.9 Å². The highest BCUT2D eigenvalue weighted by atomic mass is 19.4. The number of alkyl halides is 3. The van der Waals surface area contributed by atoms with Crippen molar-refractivity contribution in [1.29, 1.82) is 0 Å². The molecule has 1 heterocycles. The third kappa shape index (κ3) is 5.58. The van der Waals surface area contributed by atoms with Crippen LogP contribution in [0.1, 0.15) is 35.2 Å². The number of hydrogen-bond acceptors (Lipinski definition) is 3. The molecule has 1 fully saturated rings. The molecule has 0 atom stereocenters. The Morgan fingerprint density at radius 1 is 1.00 bits per heavy atom. The van der Waals surface area contributed by atoms with Crippen LogP contribution in [-0.2, 0) is 11.0 Å². The topological polar surface area (TPSA) is 46.6 Å². The Hall–Kier alpha value is -2.90. The van der Waals surface area contributed by atoms with Crippen molar-refractivity contribution >= 4 is 11.7 Å². The highest BCUT2D eigenvalue weighted by molar-refractivity contribution is 5.94. The quantitative estimate of drug-likeness (QED) is 0.631. The molecule has 3 rings (SSSR count). The predicted molar refractivity (Wildman–Crippen MR) is 102 cm³/mol. The molecule has 0 spiro atoms. The molecule has 1 aliphatic rings. The monoisotopic (exact) mass is 423 g/mol. The maximum Gasteiger partial charge on any atom is 0.416 e. The van der Waals surface area contributed by atoms with Crippen molar-refractivity contribution in [2.75, 3.05) is 19.7 Å². The summed E-state index contributed by atoms with van der Waals surface area (Å²) in [6, 6.07) is 10.0. The minimum Gasteiger partial charge on any atom is -0.486 e. The average Bonchev–Trinajstić information content (AvgIpc) is 2.72. The number of carbonyl (C=O) groups excluding carboxylic acids is 2. The Balaban J connectivity index is 1.43. The van der Waals surface area contributed by atoms with E-state index in [2.05, 4.69) is 0 Å². The van der Waals surface area contributed by atoms with Crippen LogP contribution in [0.25, 0.3) is 0 Å². The molecule has 4 nitrogen and oxygen atoms in total. The molecule has 1 saturated heterocycles. The number of nitrogens with zero attached hydrogens (tertiary/aromatic N) is 1. The Morgan fingerprint density at radius 3 is 2.23 bits per heavy atom. The number of benzene rings is 2. The van der Waals surface area contributed by atoms with Gasteiger partial charge < -0.3 is 9.64 Å². The van der Waals surface area contributed by atoms with Gasteiger partial charge in [0, 0.05) is 19.5 Å². The van der Waals surface area contributed by atoms with E-state index in [9.17, 15) is 27.2 Å². The lowest BCUT2D eigenvalue weighted by atomic mass is 9.91. The first kappa shape index (κ1) is 21.8. The highest BCUT2D eigenvalue weighted by Gasteiger charge is 2.30. The molecule has 1 aliphatic heterocycles. The smallest absolute Gasteiger partial charge is 0.416 e. The van der Waals surface area contributed by atoms with Crippen molar-refractivity contribution in [3.63, 3.8) is 0 Å². The minimum atomic E-state index is -4.42. The van der Waals surface area contributed by atoms with Crippen molar-refractivity contribution in [1.82, 2.24) is 4.90 Å². The molecule has 0 bridgehead atoms. The first-order chi connectivity index (χ1) is 14.2. The van der Waals surface area contributed by atoms with E-state index >= 15 is 0 Å². The zero-order chi connectivity index (χ0) is 21.7. The third-order valence-electron chi connectivity index (χ3n) is 5.10. The summed E-state index contributed by atoms with van der Waals surface area (Å²) in [5.74, 6) is -0.794. The Morgan fingerprint density at radius 2 is 1.63 bits per heavy atom. The second-order valence-corrected chi connectivity index (χ2v) is 7.27. The van der Waals surface area contributed by atoms with Gasteiger partial charge in [-0.1, -0.05) is 12.1 Å². The van der Waals surface area contributed by atoms with Crippen LogP contribution in [0.3, 0.4) is 0 Å². The fourth-order valence-electron chi connectivity index (χ4n) is 3.43. The number of carbonyl (C=O) groups is 2. The lowest BCUT2D eigenvalue weighted by Crippen LogP contribution is -2.39. The number of rotatable bonds is 6. The second-order valence-electron chi connectivity index (χ2n) is 7.27. The van der Waals surface area contributed by atoms with Gasteiger partial charge in [0.25, 0.3) is 5.91 Å². The van der Waals surface area contributed by atoms with Crippen molar-refractivity contribution in [2.45, 2.75) is 25.4 Å². The standard InChI is InChI=1S/C22H21F4NO3/c23-20-4-2-1-3-19(20)21(29)27-11-9-15(10-12-27)13-17(28)14-30-18-7-5-16(6-8-18)22(24,25)26/h1-8,15H,9-14H2. The summed E-state index contributed by atoms with van der Waals surface area (Å²) in [6.45, 7) is 0.648. The molecular weight excluding hydrogens is 402 g/mol. The van der Waals surface area contributed by atoms with Crippen LogP contribution < -0.4 is 4.74 Å². The minimum absolute atomic E-state index is 0.0389. The van der Waals surface area contributed by atoms with Crippen LogP contribution >= 0.6 is 0 Å². The number of ketones is 1. The maximum atomic E-state index is 13.8. The number of hydrogen-bond donors (Lipinski definition) is 0. The Kier molecular flexibility index (Phi) is 6.74. The van der Waals surface area contributed by atoms with Crippen LogP contribution in [0.4, 0.5) is 17.6 Å². The molecule has 2 aromatic rings.